The highest BCUT2D eigenvalue weighted by Gasteiger charge is 2.17. The van der Waals surface area contributed by atoms with E-state index >= 15 is 0 Å². The first-order valence-corrected chi connectivity index (χ1v) is 6.95. The van der Waals surface area contributed by atoms with E-state index in [0.717, 1.165) is 29.0 Å². The average molecular weight is 295 g/mol. The molecule has 1 N–H and O–H groups in total. The van der Waals surface area contributed by atoms with Gasteiger partial charge in [-0.2, -0.15) is 5.10 Å². The van der Waals surface area contributed by atoms with Gasteiger partial charge in [0.1, 0.15) is 5.75 Å². The molecule has 108 valence electrons. The zero-order valence-electron chi connectivity index (χ0n) is 11.9. The molecular formula is C15H19ClN2O2. The maximum atomic E-state index is 10.5. The van der Waals surface area contributed by atoms with E-state index in [2.05, 4.69) is 5.10 Å². The van der Waals surface area contributed by atoms with Crippen molar-refractivity contribution in [1.29, 1.82) is 0 Å². The SMILES string of the molecule is CCc1nn(C)cc1C(O)Cc1cc(Cl)ccc1OC. The third-order valence-corrected chi connectivity index (χ3v) is 3.52. The van der Waals surface area contributed by atoms with E-state index in [1.807, 2.05) is 32.3 Å². The molecule has 20 heavy (non-hydrogen) atoms. The van der Waals surface area contributed by atoms with Crippen LogP contribution in [0.15, 0.2) is 24.4 Å². The summed E-state index contributed by atoms with van der Waals surface area (Å²) in [6.45, 7) is 2.03. The summed E-state index contributed by atoms with van der Waals surface area (Å²) in [5.41, 5.74) is 2.66. The smallest absolute Gasteiger partial charge is 0.122 e. The molecule has 0 fully saturated rings. The zero-order chi connectivity index (χ0) is 14.7. The third-order valence-electron chi connectivity index (χ3n) is 3.29. The van der Waals surface area contributed by atoms with Gasteiger partial charge in [-0.25, -0.2) is 0 Å². The van der Waals surface area contributed by atoms with Crippen LogP contribution >= 0.6 is 11.6 Å². The van der Waals surface area contributed by atoms with Crippen LogP contribution in [0, 0.1) is 0 Å². The molecule has 0 bridgehead atoms. The van der Waals surface area contributed by atoms with Crippen molar-refractivity contribution in [2.24, 2.45) is 7.05 Å². The summed E-state index contributed by atoms with van der Waals surface area (Å²) in [4.78, 5) is 0. The molecule has 1 unspecified atom stereocenters. The summed E-state index contributed by atoms with van der Waals surface area (Å²) in [5.74, 6) is 0.732. The van der Waals surface area contributed by atoms with E-state index < -0.39 is 6.10 Å². The Kier molecular flexibility index (Phi) is 4.68. The van der Waals surface area contributed by atoms with Crippen LogP contribution in [0.5, 0.6) is 5.75 Å². The molecule has 0 amide bonds. The van der Waals surface area contributed by atoms with Crippen molar-refractivity contribution in [1.82, 2.24) is 9.78 Å². The summed E-state index contributed by atoms with van der Waals surface area (Å²) in [5, 5.41) is 15.4. The Morgan fingerprint density at radius 1 is 1.45 bits per heavy atom. The minimum Gasteiger partial charge on any atom is -0.496 e. The largest absolute Gasteiger partial charge is 0.496 e. The van der Waals surface area contributed by atoms with E-state index in [4.69, 9.17) is 16.3 Å². The molecule has 0 spiro atoms. The molecular weight excluding hydrogens is 276 g/mol. The standard InChI is InChI=1S/C15H19ClN2O2/c1-4-13-12(9-18(2)17-13)14(19)8-10-7-11(16)5-6-15(10)20-3/h5-7,9,14,19H,4,8H2,1-3H3. The number of hydrogen-bond acceptors (Lipinski definition) is 3. The van der Waals surface area contributed by atoms with Gasteiger partial charge in [-0.3, -0.25) is 4.68 Å². The second-order valence-electron chi connectivity index (χ2n) is 4.73. The number of aromatic nitrogens is 2. The highest BCUT2D eigenvalue weighted by atomic mass is 35.5. The molecule has 1 heterocycles. The van der Waals surface area contributed by atoms with Crippen LogP contribution < -0.4 is 4.74 Å². The lowest BCUT2D eigenvalue weighted by Gasteiger charge is -2.13. The fraction of sp³-hybridized carbons (Fsp3) is 0.400. The van der Waals surface area contributed by atoms with Crippen molar-refractivity contribution in [3.63, 3.8) is 0 Å². The Morgan fingerprint density at radius 3 is 2.85 bits per heavy atom. The van der Waals surface area contributed by atoms with E-state index in [0.29, 0.717) is 11.4 Å². The predicted molar refractivity (Wildman–Crippen MR) is 79.3 cm³/mol. The third kappa shape index (κ3) is 3.14. The highest BCUT2D eigenvalue weighted by molar-refractivity contribution is 6.30. The van der Waals surface area contributed by atoms with Gasteiger partial charge >= 0.3 is 0 Å². The van der Waals surface area contributed by atoms with Crippen molar-refractivity contribution in [2.75, 3.05) is 7.11 Å². The van der Waals surface area contributed by atoms with E-state index in [-0.39, 0.29) is 0 Å². The number of rotatable bonds is 5. The Morgan fingerprint density at radius 2 is 2.20 bits per heavy atom. The lowest BCUT2D eigenvalue weighted by molar-refractivity contribution is 0.176. The number of hydrogen-bond donors (Lipinski definition) is 1. The fourth-order valence-electron chi connectivity index (χ4n) is 2.33. The first-order chi connectivity index (χ1) is 9.55. The van der Waals surface area contributed by atoms with Crippen LogP contribution in [0.1, 0.15) is 29.8 Å². The summed E-state index contributed by atoms with van der Waals surface area (Å²) < 4.78 is 7.04. The molecule has 1 atom stereocenters. The molecule has 0 saturated carbocycles. The van der Waals surface area contributed by atoms with E-state index in [9.17, 15) is 5.11 Å². The second kappa shape index (κ2) is 6.29. The van der Waals surface area contributed by atoms with Gasteiger partial charge in [-0.15, -0.1) is 0 Å². The van der Waals surface area contributed by atoms with Gasteiger partial charge in [0, 0.05) is 30.3 Å². The number of methoxy groups -OCH3 is 1. The molecule has 0 saturated heterocycles. The molecule has 1 aromatic heterocycles. The van der Waals surface area contributed by atoms with Crippen molar-refractivity contribution in [3.05, 3.63) is 46.2 Å². The fourth-order valence-corrected chi connectivity index (χ4v) is 2.53. The molecule has 0 aliphatic carbocycles. The molecule has 1 aromatic carbocycles. The van der Waals surface area contributed by atoms with Crippen LogP contribution in [0.2, 0.25) is 5.02 Å². The van der Waals surface area contributed by atoms with Gasteiger partial charge in [0.15, 0.2) is 0 Å². The first kappa shape index (κ1) is 14.9. The van der Waals surface area contributed by atoms with Crippen molar-refractivity contribution in [3.8, 4) is 5.75 Å². The highest BCUT2D eigenvalue weighted by Crippen LogP contribution is 2.28. The van der Waals surface area contributed by atoms with Gasteiger partial charge in [0.05, 0.1) is 18.9 Å². The predicted octanol–water partition coefficient (Wildman–Crippen LogP) is 2.92. The van der Waals surface area contributed by atoms with Gasteiger partial charge in [-0.1, -0.05) is 18.5 Å². The lowest BCUT2D eigenvalue weighted by Crippen LogP contribution is -2.05. The summed E-state index contributed by atoms with van der Waals surface area (Å²) >= 11 is 6.01. The topological polar surface area (TPSA) is 47.3 Å². The normalized spacial score (nSPS) is 12.4. The maximum Gasteiger partial charge on any atom is 0.122 e. The monoisotopic (exact) mass is 294 g/mol. The Hall–Kier alpha value is -1.52. The van der Waals surface area contributed by atoms with Gasteiger partial charge in [0.2, 0.25) is 0 Å². The van der Waals surface area contributed by atoms with Crippen molar-refractivity contribution >= 4 is 11.6 Å². The van der Waals surface area contributed by atoms with Crippen LogP contribution in [0.4, 0.5) is 0 Å². The van der Waals surface area contributed by atoms with Gasteiger partial charge < -0.3 is 9.84 Å². The minimum atomic E-state index is -0.619. The minimum absolute atomic E-state index is 0.447. The van der Waals surface area contributed by atoms with Crippen LogP contribution in [-0.2, 0) is 19.9 Å². The number of nitrogens with zero attached hydrogens (tertiary/aromatic N) is 2. The Bertz CT molecular complexity index is 596. The molecule has 4 nitrogen and oxygen atoms in total. The van der Waals surface area contributed by atoms with Crippen LogP contribution in [0.3, 0.4) is 0 Å². The maximum absolute atomic E-state index is 10.5. The Labute approximate surface area is 123 Å². The molecule has 0 aliphatic rings. The van der Waals surface area contributed by atoms with Crippen LogP contribution in [0.25, 0.3) is 0 Å². The molecule has 2 rings (SSSR count). The molecule has 5 heteroatoms. The number of ether oxygens (including phenoxy) is 1. The summed E-state index contributed by atoms with van der Waals surface area (Å²) in [6, 6.07) is 5.41. The Balaban J connectivity index is 2.27. The summed E-state index contributed by atoms with van der Waals surface area (Å²) in [7, 11) is 3.47. The first-order valence-electron chi connectivity index (χ1n) is 6.58. The zero-order valence-corrected chi connectivity index (χ0v) is 12.7. The average Bonchev–Trinajstić information content (AvgIpc) is 2.80. The van der Waals surface area contributed by atoms with Gasteiger partial charge in [0.25, 0.3) is 0 Å². The number of halogens is 1. The molecule has 0 radical (unpaired) electrons. The lowest BCUT2D eigenvalue weighted by atomic mass is 10.0. The number of aryl methyl sites for hydroxylation is 2. The quantitative estimate of drug-likeness (QED) is 0.922. The number of aliphatic hydroxyl groups excluding tert-OH is 1. The number of benzene rings is 1. The number of aliphatic hydroxyl groups is 1. The van der Waals surface area contributed by atoms with Gasteiger partial charge in [-0.05, 0) is 30.2 Å². The molecule has 2 aromatic rings. The van der Waals surface area contributed by atoms with E-state index in [1.54, 1.807) is 17.9 Å². The molecule has 0 aliphatic heterocycles. The van der Waals surface area contributed by atoms with Crippen molar-refractivity contribution in [2.45, 2.75) is 25.9 Å². The van der Waals surface area contributed by atoms with Crippen LogP contribution in [-0.4, -0.2) is 22.0 Å². The second-order valence-corrected chi connectivity index (χ2v) is 5.17. The van der Waals surface area contributed by atoms with Crippen molar-refractivity contribution < 1.29 is 9.84 Å². The summed E-state index contributed by atoms with van der Waals surface area (Å²) in [6.07, 6.45) is 2.48. The van der Waals surface area contributed by atoms with E-state index in [1.165, 1.54) is 0 Å².